The maximum absolute atomic E-state index is 12.9. The van der Waals surface area contributed by atoms with Crippen LogP contribution in [0.5, 0.6) is 0 Å². The minimum Gasteiger partial charge on any atom is -0.356 e. The van der Waals surface area contributed by atoms with Gasteiger partial charge in [-0.2, -0.15) is 0 Å². The molecule has 0 aliphatic carbocycles. The minimum absolute atomic E-state index is 0.00884. The number of pyridine rings is 1. The predicted octanol–water partition coefficient (Wildman–Crippen LogP) is 4.73. The van der Waals surface area contributed by atoms with Gasteiger partial charge in [0.2, 0.25) is 0 Å². The van der Waals surface area contributed by atoms with E-state index in [0.717, 1.165) is 48.5 Å². The lowest BCUT2D eigenvalue weighted by molar-refractivity contribution is 0.279. The zero-order valence-electron chi connectivity index (χ0n) is 18.3. The molecule has 154 valence electrons. The van der Waals surface area contributed by atoms with E-state index in [1.54, 1.807) is 22.4 Å². The Hall–Kier alpha value is -1.53. The van der Waals surface area contributed by atoms with Gasteiger partial charge in [0.25, 0.3) is 5.56 Å². The highest BCUT2D eigenvalue weighted by atomic mass is 32.2. The Bertz CT molecular complexity index is 903. The van der Waals surface area contributed by atoms with E-state index in [9.17, 15) is 4.79 Å². The molecule has 0 radical (unpaired) electrons. The van der Waals surface area contributed by atoms with Gasteiger partial charge in [-0.25, -0.2) is 4.98 Å². The lowest BCUT2D eigenvalue weighted by Gasteiger charge is -2.37. The third-order valence-corrected chi connectivity index (χ3v) is 6.45. The molecule has 2 aromatic rings. The molecule has 6 heteroatoms. The molecule has 0 bridgehead atoms. The Balaban J connectivity index is 2.00. The number of piperidine rings is 1. The fraction of sp³-hybridized carbons (Fsp3) is 0.636. The average molecular weight is 403 g/mol. The van der Waals surface area contributed by atoms with E-state index in [1.807, 2.05) is 13.1 Å². The molecule has 1 fully saturated rings. The summed E-state index contributed by atoms with van der Waals surface area (Å²) < 4.78 is 5.35. The van der Waals surface area contributed by atoms with Gasteiger partial charge >= 0.3 is 0 Å². The molecule has 3 rings (SSSR count). The quantitative estimate of drug-likeness (QED) is 0.750. The molecular weight excluding hydrogens is 368 g/mol. The molecule has 1 atom stereocenters. The Kier molecular flexibility index (Phi) is 5.84. The summed E-state index contributed by atoms with van der Waals surface area (Å²) >= 11 is 1.71. The zero-order valence-corrected chi connectivity index (χ0v) is 19.1. The molecule has 1 saturated heterocycles. The third kappa shape index (κ3) is 4.90. The van der Waals surface area contributed by atoms with Crippen LogP contribution in [-0.2, 0) is 0 Å². The van der Waals surface area contributed by atoms with Gasteiger partial charge in [0.1, 0.15) is 11.5 Å². The summed E-state index contributed by atoms with van der Waals surface area (Å²) in [5.74, 6) is 0.807. The maximum atomic E-state index is 12.9. The van der Waals surface area contributed by atoms with Crippen molar-refractivity contribution in [3.05, 3.63) is 39.8 Å². The highest BCUT2D eigenvalue weighted by Gasteiger charge is 2.27. The second-order valence-electron chi connectivity index (χ2n) is 9.82. The number of rotatable bonds is 4. The Morgan fingerprint density at radius 3 is 2.46 bits per heavy atom. The summed E-state index contributed by atoms with van der Waals surface area (Å²) in [6.45, 7) is 17.2. The smallest absolute Gasteiger partial charge is 0.259 e. The number of aryl methyl sites for hydroxylation is 1. The number of hydrogen-bond acceptors (Lipinski definition) is 5. The molecular formula is C22H34N4OS. The summed E-state index contributed by atoms with van der Waals surface area (Å²) in [5.41, 5.74) is 3.24. The van der Waals surface area contributed by atoms with Crippen molar-refractivity contribution < 1.29 is 0 Å². The van der Waals surface area contributed by atoms with Crippen molar-refractivity contribution in [3.8, 4) is 0 Å². The number of nitrogens with one attached hydrogen (secondary N) is 1. The highest BCUT2D eigenvalue weighted by Crippen LogP contribution is 2.32. The first-order valence-electron chi connectivity index (χ1n) is 10.2. The largest absolute Gasteiger partial charge is 0.356 e. The van der Waals surface area contributed by atoms with Gasteiger partial charge in [0, 0.05) is 41.7 Å². The normalized spacial score (nSPS) is 18.5. The monoisotopic (exact) mass is 402 g/mol. The second-order valence-corrected chi connectivity index (χ2v) is 11.5. The first-order valence-corrected chi connectivity index (χ1v) is 11.0. The molecule has 5 nitrogen and oxygen atoms in total. The molecule has 0 amide bonds. The predicted molar refractivity (Wildman–Crippen MR) is 120 cm³/mol. The van der Waals surface area contributed by atoms with Gasteiger partial charge in [0.15, 0.2) is 0 Å². The van der Waals surface area contributed by atoms with E-state index in [1.165, 1.54) is 0 Å². The second kappa shape index (κ2) is 7.71. The number of fused-ring (bicyclic) bond motifs is 1. The van der Waals surface area contributed by atoms with E-state index < -0.39 is 0 Å². The molecule has 1 N–H and O–H groups in total. The molecule has 3 heterocycles. The van der Waals surface area contributed by atoms with Gasteiger partial charge < -0.3 is 4.90 Å². The van der Waals surface area contributed by atoms with Gasteiger partial charge in [-0.05, 0) is 64.5 Å². The number of hydrogen-bond donors (Lipinski definition) is 1. The van der Waals surface area contributed by atoms with Crippen LogP contribution in [0.3, 0.4) is 0 Å². The summed E-state index contributed by atoms with van der Waals surface area (Å²) in [5, 5.41) is 0. The van der Waals surface area contributed by atoms with Crippen LogP contribution in [0.25, 0.3) is 5.65 Å². The van der Waals surface area contributed by atoms with Gasteiger partial charge in [-0.1, -0.05) is 25.8 Å². The van der Waals surface area contributed by atoms with Crippen LogP contribution in [0.2, 0.25) is 0 Å². The summed E-state index contributed by atoms with van der Waals surface area (Å²) in [6, 6.07) is 3.92. The van der Waals surface area contributed by atoms with Crippen LogP contribution in [-0.4, -0.2) is 27.2 Å². The highest BCUT2D eigenvalue weighted by molar-refractivity contribution is 7.98. The van der Waals surface area contributed by atoms with Crippen LogP contribution in [0, 0.1) is 12.3 Å². The molecule has 1 aliphatic heterocycles. The lowest BCUT2D eigenvalue weighted by atomic mass is 9.83. The van der Waals surface area contributed by atoms with Crippen molar-refractivity contribution in [1.82, 2.24) is 14.1 Å². The van der Waals surface area contributed by atoms with Crippen LogP contribution in [0.4, 0.5) is 5.82 Å². The molecule has 0 saturated carbocycles. The number of aromatic nitrogens is 2. The summed E-state index contributed by atoms with van der Waals surface area (Å²) in [4.78, 5) is 20.1. The fourth-order valence-electron chi connectivity index (χ4n) is 3.51. The van der Waals surface area contributed by atoms with Crippen LogP contribution >= 0.6 is 11.9 Å². The van der Waals surface area contributed by atoms with E-state index in [0.29, 0.717) is 5.41 Å². The van der Waals surface area contributed by atoms with Gasteiger partial charge in [-0.15, -0.1) is 0 Å². The first kappa shape index (κ1) is 21.2. The van der Waals surface area contributed by atoms with Crippen molar-refractivity contribution in [1.29, 1.82) is 0 Å². The molecule has 1 aliphatic rings. The van der Waals surface area contributed by atoms with Crippen molar-refractivity contribution in [3.63, 3.8) is 0 Å². The minimum atomic E-state index is -0.00884. The third-order valence-electron chi connectivity index (χ3n) is 5.36. The first-order chi connectivity index (χ1) is 13.0. The van der Waals surface area contributed by atoms with Crippen LogP contribution in [0.1, 0.15) is 71.6 Å². The van der Waals surface area contributed by atoms with E-state index >= 15 is 0 Å². The van der Waals surface area contributed by atoms with E-state index in [-0.39, 0.29) is 16.3 Å². The molecule has 2 aromatic heterocycles. The molecule has 1 unspecified atom stereocenters. The number of anilines is 1. The molecule has 0 aromatic carbocycles. The van der Waals surface area contributed by atoms with Gasteiger partial charge in [-0.3, -0.25) is 13.9 Å². The lowest BCUT2D eigenvalue weighted by Crippen LogP contribution is -2.38. The summed E-state index contributed by atoms with van der Waals surface area (Å²) in [6.07, 6.45) is 4.13. The van der Waals surface area contributed by atoms with Crippen molar-refractivity contribution >= 4 is 23.4 Å². The SMILES string of the molecule is Cc1cc(C(C)NSC(C)(C)C)c2nc(N3CCC(C)(C)CC3)cc(=O)n2c1. The van der Waals surface area contributed by atoms with Crippen molar-refractivity contribution in [2.24, 2.45) is 5.41 Å². The molecule has 28 heavy (non-hydrogen) atoms. The van der Waals surface area contributed by atoms with E-state index in [2.05, 4.69) is 57.2 Å². The van der Waals surface area contributed by atoms with Crippen molar-refractivity contribution in [2.75, 3.05) is 18.0 Å². The number of nitrogens with zero attached hydrogens (tertiary/aromatic N) is 3. The van der Waals surface area contributed by atoms with E-state index in [4.69, 9.17) is 4.98 Å². The maximum Gasteiger partial charge on any atom is 0.259 e. The van der Waals surface area contributed by atoms with Gasteiger partial charge in [0.05, 0.1) is 0 Å². The van der Waals surface area contributed by atoms with Crippen LogP contribution in [0.15, 0.2) is 23.1 Å². The summed E-state index contributed by atoms with van der Waals surface area (Å²) in [7, 11) is 0. The standard InChI is InChI=1S/C22H34N4OS/c1-15-12-17(16(2)24-28-21(3,4)5)20-23-18(13-19(27)26(20)14-15)25-10-8-22(6,7)9-11-25/h12-14,16,24H,8-11H2,1-7H3. The average Bonchev–Trinajstić information content (AvgIpc) is 2.59. The Morgan fingerprint density at radius 1 is 1.21 bits per heavy atom. The Morgan fingerprint density at radius 2 is 1.86 bits per heavy atom. The topological polar surface area (TPSA) is 49.6 Å². The zero-order chi connectivity index (χ0) is 20.7. The Labute approximate surface area is 173 Å². The van der Waals surface area contributed by atoms with Crippen LogP contribution < -0.4 is 15.2 Å². The molecule has 0 spiro atoms. The van der Waals surface area contributed by atoms with Crippen molar-refractivity contribution in [2.45, 2.75) is 72.1 Å². The fourth-order valence-corrected chi connectivity index (χ4v) is 4.17.